The first-order valence-electron chi connectivity index (χ1n) is 4.65. The summed E-state index contributed by atoms with van der Waals surface area (Å²) >= 11 is 0. The summed E-state index contributed by atoms with van der Waals surface area (Å²) in [7, 11) is -4.79. The zero-order valence-corrected chi connectivity index (χ0v) is 13.7. The van der Waals surface area contributed by atoms with Crippen LogP contribution < -0.4 is 56.7 Å². The molecule has 0 unspecified atom stereocenters. The van der Waals surface area contributed by atoms with E-state index < -0.39 is 28.2 Å². The molecule has 0 spiro atoms. The second kappa shape index (κ2) is 6.34. The van der Waals surface area contributed by atoms with Crippen molar-refractivity contribution in [3.8, 4) is 0 Å². The number of nitrogens with one attached hydrogen (secondary N) is 1. The first-order chi connectivity index (χ1) is 8.38. The number of carbonyl (C=O) groups excluding carboxylic acids is 2. The summed E-state index contributed by atoms with van der Waals surface area (Å²) in [4.78, 5) is 23.6. The van der Waals surface area contributed by atoms with Crippen molar-refractivity contribution in [2.75, 3.05) is 6.54 Å². The fourth-order valence-electron chi connectivity index (χ4n) is 1.33. The SMILES string of the molecule is O=C(Cn1ncnn1)N[C@H]1CN(S(=O)(=O)[O-])C1=O.[K+]. The van der Waals surface area contributed by atoms with E-state index >= 15 is 0 Å². The van der Waals surface area contributed by atoms with Gasteiger partial charge in [-0.2, -0.15) is 4.80 Å². The molecule has 1 aromatic heterocycles. The van der Waals surface area contributed by atoms with Crippen molar-refractivity contribution < 1.29 is 73.9 Å². The Labute approximate surface area is 150 Å². The molecule has 13 heteroatoms. The number of carbonyl (C=O) groups is 2. The smallest absolute Gasteiger partial charge is 0.731 e. The number of nitrogens with zero attached hydrogens (tertiary/aromatic N) is 5. The summed E-state index contributed by atoms with van der Waals surface area (Å²) in [6, 6.07) is -1.01. The van der Waals surface area contributed by atoms with E-state index in [0.29, 0.717) is 0 Å². The van der Waals surface area contributed by atoms with Crippen LogP contribution in [0.2, 0.25) is 0 Å². The summed E-state index contributed by atoms with van der Waals surface area (Å²) in [5.74, 6) is -1.54. The summed E-state index contributed by atoms with van der Waals surface area (Å²) in [5.41, 5.74) is 0. The first-order valence-corrected chi connectivity index (χ1v) is 6.02. The van der Waals surface area contributed by atoms with E-state index in [1.165, 1.54) is 0 Å². The molecule has 0 saturated carbocycles. The maximum absolute atomic E-state index is 11.4. The Morgan fingerprint density at radius 3 is 2.74 bits per heavy atom. The molecular weight excluding hydrogens is 307 g/mol. The standard InChI is InChI=1S/C6H8N6O5S.K/c13-5(2-12-8-3-7-10-12)9-4-1-11(6(4)14)18(15,16)17;/h3-4H,1-2H2,(H,9,13)(H,15,16,17);/q;+1/p-1/t4-;/m0./s1. The van der Waals surface area contributed by atoms with Crippen LogP contribution in [0.3, 0.4) is 0 Å². The molecule has 1 aliphatic heterocycles. The van der Waals surface area contributed by atoms with E-state index in [4.69, 9.17) is 0 Å². The third-order valence-corrected chi connectivity index (χ3v) is 3.04. The Kier molecular flexibility index (Phi) is 5.54. The van der Waals surface area contributed by atoms with Gasteiger partial charge >= 0.3 is 51.4 Å². The van der Waals surface area contributed by atoms with Crippen molar-refractivity contribution in [1.82, 2.24) is 29.8 Å². The maximum Gasteiger partial charge on any atom is 1.00 e. The minimum Gasteiger partial charge on any atom is -0.731 e. The number of aromatic nitrogens is 4. The molecule has 1 aromatic rings. The quantitative estimate of drug-likeness (QED) is 0.327. The van der Waals surface area contributed by atoms with Crippen LogP contribution >= 0.6 is 0 Å². The molecule has 2 amide bonds. The van der Waals surface area contributed by atoms with Crippen molar-refractivity contribution >= 4 is 22.1 Å². The van der Waals surface area contributed by atoms with Crippen molar-refractivity contribution in [3.63, 3.8) is 0 Å². The zero-order chi connectivity index (χ0) is 13.3. The van der Waals surface area contributed by atoms with E-state index in [0.717, 1.165) is 11.1 Å². The molecule has 1 aliphatic rings. The van der Waals surface area contributed by atoms with Gasteiger partial charge in [-0.25, -0.2) is 12.7 Å². The number of amides is 2. The van der Waals surface area contributed by atoms with Gasteiger partial charge in [0, 0.05) is 0 Å². The number of rotatable bonds is 4. The Morgan fingerprint density at radius 2 is 2.26 bits per heavy atom. The Morgan fingerprint density at radius 1 is 1.58 bits per heavy atom. The molecular formula is C6H7KN6O5S. The van der Waals surface area contributed by atoms with Crippen LogP contribution in [0.15, 0.2) is 6.33 Å². The molecule has 1 atom stereocenters. The zero-order valence-electron chi connectivity index (χ0n) is 9.75. The molecule has 1 fully saturated rings. The predicted molar refractivity (Wildman–Crippen MR) is 51.2 cm³/mol. The third-order valence-electron chi connectivity index (χ3n) is 2.17. The molecule has 1 N–H and O–H groups in total. The third kappa shape index (κ3) is 4.01. The number of β-lactam (4-membered cyclic amide) rings is 1. The van der Waals surface area contributed by atoms with Gasteiger partial charge in [0.2, 0.25) is 5.91 Å². The van der Waals surface area contributed by atoms with Gasteiger partial charge in [0.15, 0.2) is 16.6 Å². The summed E-state index contributed by atoms with van der Waals surface area (Å²) in [6.07, 6.45) is 1.13. The average molecular weight is 314 g/mol. The molecule has 19 heavy (non-hydrogen) atoms. The van der Waals surface area contributed by atoms with Gasteiger partial charge in [-0.3, -0.25) is 9.59 Å². The van der Waals surface area contributed by atoms with Crippen LogP contribution in [0.4, 0.5) is 0 Å². The largest absolute Gasteiger partial charge is 1.00 e. The molecule has 98 valence electrons. The molecule has 0 radical (unpaired) electrons. The van der Waals surface area contributed by atoms with Crippen molar-refractivity contribution in [1.29, 1.82) is 0 Å². The second-order valence-corrected chi connectivity index (χ2v) is 4.71. The van der Waals surface area contributed by atoms with E-state index in [-0.39, 0.29) is 68.8 Å². The Hall–Kier alpha value is -0.444. The van der Waals surface area contributed by atoms with Crippen LogP contribution in [-0.2, 0) is 26.4 Å². The molecule has 0 aromatic carbocycles. The fourth-order valence-corrected chi connectivity index (χ4v) is 2.01. The van der Waals surface area contributed by atoms with Crippen molar-refractivity contribution in [3.05, 3.63) is 6.33 Å². The summed E-state index contributed by atoms with van der Waals surface area (Å²) in [6.45, 7) is -0.616. The Bertz CT molecular complexity index is 573. The van der Waals surface area contributed by atoms with Crippen LogP contribution in [0, 0.1) is 0 Å². The number of tetrazole rings is 1. The van der Waals surface area contributed by atoms with Gasteiger partial charge < -0.3 is 9.87 Å². The number of hydrogen-bond acceptors (Lipinski definition) is 8. The molecule has 11 nitrogen and oxygen atoms in total. The van der Waals surface area contributed by atoms with E-state index in [2.05, 4.69) is 20.7 Å². The fraction of sp³-hybridized carbons (Fsp3) is 0.500. The van der Waals surface area contributed by atoms with Crippen molar-refractivity contribution in [2.24, 2.45) is 0 Å². The van der Waals surface area contributed by atoms with Crippen LogP contribution in [0.25, 0.3) is 0 Å². The van der Waals surface area contributed by atoms with Gasteiger partial charge in [-0.15, -0.1) is 10.2 Å². The minimum atomic E-state index is -4.79. The molecule has 1 saturated heterocycles. The second-order valence-electron chi connectivity index (χ2n) is 3.41. The van der Waals surface area contributed by atoms with Crippen LogP contribution in [-0.4, -0.2) is 61.9 Å². The van der Waals surface area contributed by atoms with E-state index in [1.807, 2.05) is 0 Å². The molecule has 0 bridgehead atoms. The first kappa shape index (κ1) is 16.6. The topological polar surface area (TPSA) is 150 Å². The molecule has 2 rings (SSSR count). The summed E-state index contributed by atoms with van der Waals surface area (Å²) < 4.78 is 31.7. The van der Waals surface area contributed by atoms with Gasteiger partial charge in [0.1, 0.15) is 12.6 Å². The van der Waals surface area contributed by atoms with Gasteiger partial charge in [0.25, 0.3) is 5.91 Å². The van der Waals surface area contributed by atoms with Crippen LogP contribution in [0.5, 0.6) is 0 Å². The predicted octanol–water partition coefficient (Wildman–Crippen LogP) is -6.54. The molecule has 2 heterocycles. The summed E-state index contributed by atoms with van der Waals surface area (Å²) in [5, 5.41) is 12.6. The molecule has 0 aliphatic carbocycles. The average Bonchev–Trinajstić information content (AvgIpc) is 2.74. The van der Waals surface area contributed by atoms with Crippen molar-refractivity contribution in [2.45, 2.75) is 12.6 Å². The van der Waals surface area contributed by atoms with E-state index in [1.54, 1.807) is 0 Å². The van der Waals surface area contributed by atoms with E-state index in [9.17, 15) is 22.6 Å². The van der Waals surface area contributed by atoms with Gasteiger partial charge in [-0.05, 0) is 5.21 Å². The normalized spacial score (nSPS) is 18.5. The van der Waals surface area contributed by atoms with Crippen LogP contribution in [0.1, 0.15) is 0 Å². The Balaban J connectivity index is 0.00000180. The minimum absolute atomic E-state index is 0. The van der Waals surface area contributed by atoms with Gasteiger partial charge in [0.05, 0.1) is 6.54 Å². The van der Waals surface area contributed by atoms with Gasteiger partial charge in [-0.1, -0.05) is 0 Å². The number of hydrogen-bond donors (Lipinski definition) is 1. The maximum atomic E-state index is 11.4. The monoisotopic (exact) mass is 314 g/mol.